The van der Waals surface area contributed by atoms with Gasteiger partial charge in [0.15, 0.2) is 5.82 Å². The number of methoxy groups -OCH3 is 1. The molecule has 3 aromatic rings. The average Bonchev–Trinajstić information content (AvgIpc) is 3.08. The van der Waals surface area contributed by atoms with E-state index in [1.165, 1.54) is 6.33 Å². The Morgan fingerprint density at radius 3 is 2.81 bits per heavy atom. The average molecular weight is 281 g/mol. The summed E-state index contributed by atoms with van der Waals surface area (Å²) in [6, 6.07) is 15.5. The Kier molecular flexibility index (Phi) is 3.82. The van der Waals surface area contributed by atoms with E-state index in [-0.39, 0.29) is 0 Å². The quantitative estimate of drug-likeness (QED) is 0.780. The zero-order valence-electron chi connectivity index (χ0n) is 11.6. The minimum Gasteiger partial charge on any atom is -0.497 e. The Bertz CT molecular complexity index is 711. The van der Waals surface area contributed by atoms with Crippen LogP contribution in [0.2, 0.25) is 0 Å². The summed E-state index contributed by atoms with van der Waals surface area (Å²) in [5.41, 5.74) is 1.93. The molecule has 0 aliphatic carbocycles. The lowest BCUT2D eigenvalue weighted by atomic mass is 10.2. The zero-order valence-corrected chi connectivity index (χ0v) is 11.6. The number of nitrogens with one attached hydrogen (secondary N) is 1. The van der Waals surface area contributed by atoms with Crippen molar-refractivity contribution < 1.29 is 9.47 Å². The van der Waals surface area contributed by atoms with Crippen LogP contribution in [0.25, 0.3) is 11.4 Å². The van der Waals surface area contributed by atoms with Gasteiger partial charge in [0.25, 0.3) is 0 Å². The fraction of sp³-hybridized carbons (Fsp3) is 0.125. The number of hydrogen-bond donors (Lipinski definition) is 1. The Balaban J connectivity index is 1.79. The van der Waals surface area contributed by atoms with Crippen molar-refractivity contribution in [2.45, 2.75) is 6.61 Å². The first-order valence-electron chi connectivity index (χ1n) is 6.57. The maximum absolute atomic E-state index is 5.90. The Labute approximate surface area is 122 Å². The second-order valence-electron chi connectivity index (χ2n) is 4.47. The predicted molar refractivity (Wildman–Crippen MR) is 79.1 cm³/mol. The molecule has 0 bridgehead atoms. The first-order chi connectivity index (χ1) is 10.4. The lowest BCUT2D eigenvalue weighted by molar-refractivity contribution is 0.306. The molecule has 106 valence electrons. The van der Waals surface area contributed by atoms with Crippen molar-refractivity contribution in [2.75, 3.05) is 7.11 Å². The molecule has 21 heavy (non-hydrogen) atoms. The van der Waals surface area contributed by atoms with Crippen LogP contribution in [0.5, 0.6) is 11.5 Å². The van der Waals surface area contributed by atoms with E-state index in [1.807, 2.05) is 48.5 Å². The number of aromatic amines is 1. The molecule has 2 aromatic carbocycles. The molecule has 0 amide bonds. The number of H-pyrrole nitrogens is 1. The Hall–Kier alpha value is -2.82. The Morgan fingerprint density at radius 2 is 2.00 bits per heavy atom. The van der Waals surface area contributed by atoms with Gasteiger partial charge in [0.2, 0.25) is 0 Å². The highest BCUT2D eigenvalue weighted by Gasteiger charge is 2.08. The highest BCUT2D eigenvalue weighted by atomic mass is 16.5. The molecule has 5 heteroatoms. The molecule has 0 radical (unpaired) electrons. The number of para-hydroxylation sites is 1. The van der Waals surface area contributed by atoms with Crippen molar-refractivity contribution in [3.8, 4) is 22.9 Å². The number of aromatic nitrogens is 3. The number of rotatable bonds is 5. The van der Waals surface area contributed by atoms with Crippen molar-refractivity contribution in [1.29, 1.82) is 0 Å². The summed E-state index contributed by atoms with van der Waals surface area (Å²) >= 11 is 0. The van der Waals surface area contributed by atoms with Crippen LogP contribution >= 0.6 is 0 Å². The van der Waals surface area contributed by atoms with E-state index < -0.39 is 0 Å². The summed E-state index contributed by atoms with van der Waals surface area (Å²) in [5, 5.41) is 6.72. The van der Waals surface area contributed by atoms with Crippen molar-refractivity contribution in [2.24, 2.45) is 0 Å². The number of ether oxygens (including phenoxy) is 2. The predicted octanol–water partition coefficient (Wildman–Crippen LogP) is 3.06. The first kappa shape index (κ1) is 13.2. The van der Waals surface area contributed by atoms with E-state index in [9.17, 15) is 0 Å². The molecule has 0 spiro atoms. The maximum Gasteiger partial charge on any atom is 0.159 e. The highest BCUT2D eigenvalue weighted by Crippen LogP contribution is 2.27. The summed E-state index contributed by atoms with van der Waals surface area (Å²) < 4.78 is 11.1. The minimum absolute atomic E-state index is 0.461. The molecule has 0 atom stereocenters. The second kappa shape index (κ2) is 6.09. The zero-order chi connectivity index (χ0) is 14.5. The summed E-state index contributed by atoms with van der Waals surface area (Å²) in [6.45, 7) is 0.461. The molecular formula is C16H15N3O2. The molecule has 0 saturated carbocycles. The van der Waals surface area contributed by atoms with Crippen molar-refractivity contribution in [3.05, 3.63) is 60.4 Å². The van der Waals surface area contributed by atoms with Crippen LogP contribution in [0.1, 0.15) is 5.56 Å². The topological polar surface area (TPSA) is 60.0 Å². The molecule has 1 heterocycles. The van der Waals surface area contributed by atoms with Crippen molar-refractivity contribution >= 4 is 0 Å². The van der Waals surface area contributed by atoms with Gasteiger partial charge in [0, 0.05) is 0 Å². The van der Waals surface area contributed by atoms with Crippen LogP contribution in [0.15, 0.2) is 54.9 Å². The van der Waals surface area contributed by atoms with Gasteiger partial charge in [-0.2, -0.15) is 5.10 Å². The molecule has 0 aliphatic heterocycles. The molecule has 1 N–H and O–H groups in total. The molecule has 0 fully saturated rings. The van der Waals surface area contributed by atoms with Gasteiger partial charge in [0.1, 0.15) is 24.4 Å². The third-order valence-corrected chi connectivity index (χ3v) is 3.09. The van der Waals surface area contributed by atoms with E-state index in [4.69, 9.17) is 9.47 Å². The molecule has 0 unspecified atom stereocenters. The van der Waals surface area contributed by atoms with Crippen molar-refractivity contribution in [1.82, 2.24) is 15.2 Å². The lowest BCUT2D eigenvalue weighted by Crippen LogP contribution is -1.98. The van der Waals surface area contributed by atoms with Crippen molar-refractivity contribution in [3.63, 3.8) is 0 Å². The van der Waals surface area contributed by atoms with Crippen LogP contribution in [0.4, 0.5) is 0 Å². The van der Waals surface area contributed by atoms with E-state index in [0.717, 1.165) is 22.6 Å². The summed E-state index contributed by atoms with van der Waals surface area (Å²) in [5.74, 6) is 2.27. The van der Waals surface area contributed by atoms with Gasteiger partial charge in [-0.25, -0.2) is 4.98 Å². The number of nitrogens with zero attached hydrogens (tertiary/aromatic N) is 2. The second-order valence-corrected chi connectivity index (χ2v) is 4.47. The number of benzene rings is 2. The Morgan fingerprint density at radius 1 is 1.10 bits per heavy atom. The third-order valence-electron chi connectivity index (χ3n) is 3.09. The van der Waals surface area contributed by atoms with E-state index in [2.05, 4.69) is 15.2 Å². The summed E-state index contributed by atoms with van der Waals surface area (Å²) in [4.78, 5) is 4.16. The molecule has 1 aromatic heterocycles. The standard InChI is InChI=1S/C16H15N3O2/c1-20-13-6-4-5-12(9-13)10-21-15-8-3-2-7-14(15)16-17-11-18-19-16/h2-9,11H,10H2,1H3,(H,17,18,19). The van der Waals surface area contributed by atoms with Gasteiger partial charge in [-0.15, -0.1) is 0 Å². The monoisotopic (exact) mass is 281 g/mol. The van der Waals surface area contributed by atoms with Gasteiger partial charge in [0.05, 0.1) is 12.7 Å². The van der Waals surface area contributed by atoms with E-state index in [1.54, 1.807) is 7.11 Å². The van der Waals surface area contributed by atoms with Crippen LogP contribution < -0.4 is 9.47 Å². The fourth-order valence-electron chi connectivity index (χ4n) is 2.05. The van der Waals surface area contributed by atoms with E-state index in [0.29, 0.717) is 12.4 Å². The molecule has 5 nitrogen and oxygen atoms in total. The fourth-order valence-corrected chi connectivity index (χ4v) is 2.05. The van der Waals surface area contributed by atoms with Crippen LogP contribution in [-0.4, -0.2) is 22.3 Å². The van der Waals surface area contributed by atoms with Crippen LogP contribution in [0.3, 0.4) is 0 Å². The van der Waals surface area contributed by atoms with E-state index >= 15 is 0 Å². The molecule has 0 aliphatic rings. The van der Waals surface area contributed by atoms with Gasteiger partial charge < -0.3 is 9.47 Å². The molecule has 3 rings (SSSR count). The largest absolute Gasteiger partial charge is 0.497 e. The highest BCUT2D eigenvalue weighted by molar-refractivity contribution is 5.63. The minimum atomic E-state index is 0.461. The van der Waals surface area contributed by atoms with Crippen LogP contribution in [-0.2, 0) is 6.61 Å². The number of hydrogen-bond acceptors (Lipinski definition) is 4. The third kappa shape index (κ3) is 3.02. The maximum atomic E-state index is 5.90. The lowest BCUT2D eigenvalue weighted by Gasteiger charge is -2.10. The summed E-state index contributed by atoms with van der Waals surface area (Å²) in [6.07, 6.45) is 1.48. The normalized spacial score (nSPS) is 10.3. The smallest absolute Gasteiger partial charge is 0.159 e. The SMILES string of the molecule is COc1cccc(COc2ccccc2-c2ncn[nH]2)c1. The van der Waals surface area contributed by atoms with Gasteiger partial charge >= 0.3 is 0 Å². The first-order valence-corrected chi connectivity index (χ1v) is 6.57. The summed E-state index contributed by atoms with van der Waals surface area (Å²) in [7, 11) is 1.65. The van der Waals surface area contributed by atoms with Gasteiger partial charge in [-0.05, 0) is 29.8 Å². The van der Waals surface area contributed by atoms with Crippen LogP contribution in [0, 0.1) is 0 Å². The van der Waals surface area contributed by atoms with Gasteiger partial charge in [-0.3, -0.25) is 5.10 Å². The van der Waals surface area contributed by atoms with Gasteiger partial charge in [-0.1, -0.05) is 24.3 Å². The molecular weight excluding hydrogens is 266 g/mol. The molecule has 0 saturated heterocycles.